The van der Waals surface area contributed by atoms with Crippen molar-refractivity contribution in [3.8, 4) is 0 Å². The van der Waals surface area contributed by atoms with E-state index < -0.39 is 12.1 Å². The highest BCUT2D eigenvalue weighted by Crippen LogP contribution is 2.23. The number of hydrogen-bond donors (Lipinski definition) is 1. The Balaban J connectivity index is 2.08. The first-order chi connectivity index (χ1) is 7.27. The Bertz CT molecular complexity index is 336. The zero-order chi connectivity index (χ0) is 10.7. The first-order valence-electron chi connectivity index (χ1n) is 4.78. The van der Waals surface area contributed by atoms with Crippen LogP contribution in [-0.2, 0) is 14.3 Å². The minimum atomic E-state index is -0.976. The Kier molecular flexibility index (Phi) is 2.99. The minimum absolute atomic E-state index is 0.124. The van der Waals surface area contributed by atoms with Gasteiger partial charge in [-0.1, -0.05) is 30.3 Å². The summed E-state index contributed by atoms with van der Waals surface area (Å²) in [7, 11) is 0. The first kappa shape index (κ1) is 10.1. The summed E-state index contributed by atoms with van der Waals surface area (Å²) >= 11 is 0. The van der Waals surface area contributed by atoms with Crippen LogP contribution in [0.2, 0.25) is 0 Å². The van der Waals surface area contributed by atoms with E-state index in [2.05, 4.69) is 0 Å². The third-order valence-corrected chi connectivity index (χ3v) is 2.31. The summed E-state index contributed by atoms with van der Waals surface area (Å²) in [5.41, 5.74) is 0.948. The molecule has 0 spiro atoms. The molecular weight excluding hydrogens is 196 g/mol. The molecule has 15 heavy (non-hydrogen) atoms. The van der Waals surface area contributed by atoms with Gasteiger partial charge in [-0.15, -0.1) is 0 Å². The second-order valence-electron chi connectivity index (χ2n) is 3.40. The third kappa shape index (κ3) is 2.34. The maximum absolute atomic E-state index is 10.7. The molecule has 0 aliphatic carbocycles. The van der Waals surface area contributed by atoms with Crippen LogP contribution >= 0.6 is 0 Å². The fourth-order valence-corrected chi connectivity index (χ4v) is 1.53. The molecule has 4 nitrogen and oxygen atoms in total. The van der Waals surface area contributed by atoms with Crippen molar-refractivity contribution in [3.05, 3.63) is 35.9 Å². The van der Waals surface area contributed by atoms with Crippen LogP contribution in [0.1, 0.15) is 11.7 Å². The van der Waals surface area contributed by atoms with Gasteiger partial charge in [-0.05, 0) is 5.56 Å². The van der Waals surface area contributed by atoms with Gasteiger partial charge >= 0.3 is 5.97 Å². The van der Waals surface area contributed by atoms with Crippen LogP contribution in [0.4, 0.5) is 0 Å². The molecule has 1 saturated heterocycles. The molecule has 1 heterocycles. The molecule has 0 unspecified atom stereocenters. The monoisotopic (exact) mass is 208 g/mol. The van der Waals surface area contributed by atoms with E-state index in [0.717, 1.165) is 5.56 Å². The third-order valence-electron chi connectivity index (χ3n) is 2.31. The highest BCUT2D eigenvalue weighted by Gasteiger charge is 2.28. The van der Waals surface area contributed by atoms with E-state index in [1.54, 1.807) is 0 Å². The van der Waals surface area contributed by atoms with Gasteiger partial charge in [0.1, 0.15) is 6.10 Å². The van der Waals surface area contributed by atoms with Gasteiger partial charge in [0, 0.05) is 0 Å². The molecule has 80 valence electrons. The van der Waals surface area contributed by atoms with E-state index in [4.69, 9.17) is 14.6 Å². The standard InChI is InChI=1S/C11H12O4/c12-11(13)10-7-14-6-9(15-10)8-4-2-1-3-5-8/h1-5,9-10H,6-7H2,(H,12,13)/t9-,10+/m1/s1. The molecule has 1 aromatic carbocycles. The number of hydrogen-bond acceptors (Lipinski definition) is 3. The van der Waals surface area contributed by atoms with Gasteiger partial charge in [0.2, 0.25) is 0 Å². The molecule has 1 N–H and O–H groups in total. The number of carboxylic acid groups (broad SMARTS) is 1. The van der Waals surface area contributed by atoms with Crippen LogP contribution in [0.15, 0.2) is 30.3 Å². The molecule has 1 aliphatic heterocycles. The molecule has 0 saturated carbocycles. The second kappa shape index (κ2) is 4.42. The number of carboxylic acids is 1. The smallest absolute Gasteiger partial charge is 0.335 e. The van der Waals surface area contributed by atoms with Crippen LogP contribution in [0.3, 0.4) is 0 Å². The summed E-state index contributed by atoms with van der Waals surface area (Å²) in [6.45, 7) is 0.534. The molecule has 1 aliphatic rings. The number of rotatable bonds is 2. The van der Waals surface area contributed by atoms with Crippen molar-refractivity contribution in [1.29, 1.82) is 0 Å². The molecule has 0 bridgehead atoms. The molecule has 2 atom stereocenters. The molecule has 0 amide bonds. The van der Waals surface area contributed by atoms with Gasteiger partial charge in [-0.25, -0.2) is 4.79 Å². The van der Waals surface area contributed by atoms with Gasteiger partial charge in [-0.3, -0.25) is 0 Å². The maximum atomic E-state index is 10.7. The maximum Gasteiger partial charge on any atom is 0.335 e. The Labute approximate surface area is 87.4 Å². The molecule has 0 aromatic heterocycles. The Morgan fingerprint density at radius 3 is 2.67 bits per heavy atom. The summed E-state index contributed by atoms with van der Waals surface area (Å²) in [5.74, 6) is -0.976. The van der Waals surface area contributed by atoms with Crippen molar-refractivity contribution in [2.45, 2.75) is 12.2 Å². The predicted octanol–water partition coefficient (Wildman–Crippen LogP) is 1.23. The Morgan fingerprint density at radius 1 is 1.27 bits per heavy atom. The van der Waals surface area contributed by atoms with E-state index in [-0.39, 0.29) is 12.7 Å². The zero-order valence-corrected chi connectivity index (χ0v) is 8.13. The van der Waals surface area contributed by atoms with Gasteiger partial charge < -0.3 is 14.6 Å². The van der Waals surface area contributed by atoms with Crippen molar-refractivity contribution in [3.63, 3.8) is 0 Å². The first-order valence-corrected chi connectivity index (χ1v) is 4.78. The summed E-state index contributed by atoms with van der Waals surface area (Å²) < 4.78 is 10.6. The summed E-state index contributed by atoms with van der Waals surface area (Å²) in [4.78, 5) is 10.7. The topological polar surface area (TPSA) is 55.8 Å². The van der Waals surface area contributed by atoms with E-state index >= 15 is 0 Å². The lowest BCUT2D eigenvalue weighted by Gasteiger charge is -2.27. The van der Waals surface area contributed by atoms with Crippen LogP contribution in [0, 0.1) is 0 Å². The van der Waals surface area contributed by atoms with Crippen LogP contribution in [0.5, 0.6) is 0 Å². The molecule has 4 heteroatoms. The molecule has 1 fully saturated rings. The Morgan fingerprint density at radius 2 is 2.00 bits per heavy atom. The van der Waals surface area contributed by atoms with Crippen LogP contribution in [0.25, 0.3) is 0 Å². The molecule has 1 aromatic rings. The van der Waals surface area contributed by atoms with Crippen molar-refractivity contribution >= 4 is 5.97 Å². The highest BCUT2D eigenvalue weighted by molar-refractivity contribution is 5.72. The summed E-state index contributed by atoms with van der Waals surface area (Å²) in [6, 6.07) is 9.49. The Hall–Kier alpha value is -1.39. The van der Waals surface area contributed by atoms with Gasteiger partial charge in [0.25, 0.3) is 0 Å². The normalized spacial score (nSPS) is 26.1. The number of ether oxygens (including phenoxy) is 2. The van der Waals surface area contributed by atoms with Crippen molar-refractivity contribution < 1.29 is 19.4 Å². The SMILES string of the molecule is O=C(O)[C@@H]1COC[C@H](c2ccccc2)O1. The predicted molar refractivity (Wildman–Crippen MR) is 52.5 cm³/mol. The van der Waals surface area contributed by atoms with Crippen molar-refractivity contribution in [2.24, 2.45) is 0 Å². The number of carbonyl (C=O) groups is 1. The zero-order valence-electron chi connectivity index (χ0n) is 8.13. The average molecular weight is 208 g/mol. The van der Waals surface area contributed by atoms with Crippen molar-refractivity contribution in [1.82, 2.24) is 0 Å². The lowest BCUT2D eigenvalue weighted by molar-refractivity contribution is -0.179. The number of aliphatic carboxylic acids is 1. The molecular formula is C11H12O4. The van der Waals surface area contributed by atoms with E-state index in [1.165, 1.54) is 0 Å². The van der Waals surface area contributed by atoms with Gasteiger partial charge in [0.15, 0.2) is 6.10 Å². The molecule has 0 radical (unpaired) electrons. The van der Waals surface area contributed by atoms with E-state index in [0.29, 0.717) is 6.61 Å². The largest absolute Gasteiger partial charge is 0.479 e. The lowest BCUT2D eigenvalue weighted by Crippen LogP contribution is -2.37. The van der Waals surface area contributed by atoms with E-state index in [9.17, 15) is 4.79 Å². The van der Waals surface area contributed by atoms with Crippen LogP contribution < -0.4 is 0 Å². The highest BCUT2D eigenvalue weighted by atomic mass is 16.6. The fourth-order valence-electron chi connectivity index (χ4n) is 1.53. The van der Waals surface area contributed by atoms with Crippen LogP contribution in [-0.4, -0.2) is 30.4 Å². The fraction of sp³-hybridized carbons (Fsp3) is 0.364. The van der Waals surface area contributed by atoms with Gasteiger partial charge in [0.05, 0.1) is 13.2 Å². The van der Waals surface area contributed by atoms with Crippen molar-refractivity contribution in [2.75, 3.05) is 13.2 Å². The number of benzene rings is 1. The van der Waals surface area contributed by atoms with Gasteiger partial charge in [-0.2, -0.15) is 0 Å². The minimum Gasteiger partial charge on any atom is -0.479 e. The molecule has 2 rings (SSSR count). The van der Waals surface area contributed by atoms with E-state index in [1.807, 2.05) is 30.3 Å². The quantitative estimate of drug-likeness (QED) is 0.794. The average Bonchev–Trinajstić information content (AvgIpc) is 2.30. The summed E-state index contributed by atoms with van der Waals surface area (Å²) in [6.07, 6.45) is -1.13. The second-order valence-corrected chi connectivity index (χ2v) is 3.40. The summed E-state index contributed by atoms with van der Waals surface area (Å²) in [5, 5.41) is 8.80. The lowest BCUT2D eigenvalue weighted by atomic mass is 10.1.